The lowest BCUT2D eigenvalue weighted by molar-refractivity contribution is -0.143. The van der Waals surface area contributed by atoms with Crippen molar-refractivity contribution in [2.45, 2.75) is 0 Å². The fourth-order valence-electron chi connectivity index (χ4n) is 1.83. The van der Waals surface area contributed by atoms with Crippen molar-refractivity contribution in [3.8, 4) is 5.75 Å². The van der Waals surface area contributed by atoms with Crippen LogP contribution in [0.5, 0.6) is 5.75 Å². The van der Waals surface area contributed by atoms with Crippen LogP contribution in [0.1, 0.15) is 0 Å². The Kier molecular flexibility index (Phi) is 3.88. The number of nitrogens with one attached hydrogen (secondary N) is 1. The molecule has 0 unspecified atom stereocenters. The Bertz CT molecular complexity index is 628. The van der Waals surface area contributed by atoms with Gasteiger partial charge < -0.3 is 10.1 Å². The van der Waals surface area contributed by atoms with E-state index in [0.717, 1.165) is 0 Å². The maximum atomic E-state index is 11.9. The van der Waals surface area contributed by atoms with Gasteiger partial charge in [-0.05, 0) is 12.1 Å². The number of rotatable bonds is 4. The molecule has 2 rings (SSSR count). The van der Waals surface area contributed by atoms with Gasteiger partial charge in [0.25, 0.3) is 0 Å². The van der Waals surface area contributed by atoms with E-state index in [1.54, 1.807) is 24.3 Å². The highest BCUT2D eigenvalue weighted by molar-refractivity contribution is 6.44. The number of ether oxygens (including phenoxy) is 1. The molecule has 0 radical (unpaired) electrons. The maximum Gasteiger partial charge on any atom is 0.334 e. The molecule has 1 N–H and O–H groups in total. The van der Waals surface area contributed by atoms with E-state index in [0.29, 0.717) is 21.2 Å². The number of anilines is 1. The molecule has 1 fully saturated rings. The highest BCUT2D eigenvalue weighted by Gasteiger charge is 2.42. The standard InChI is InChI=1S/C13H13N3O5/c1-15-11(18)12(19)16(13(15)20)7-10(17)14-8-5-3-4-6-9(8)21-2/h3-6H,7H2,1-2H3,(H,14,17). The van der Waals surface area contributed by atoms with Crippen molar-refractivity contribution in [3.63, 3.8) is 0 Å². The zero-order valence-corrected chi connectivity index (χ0v) is 11.5. The van der Waals surface area contributed by atoms with E-state index >= 15 is 0 Å². The number of amides is 5. The first-order chi connectivity index (χ1) is 9.95. The topological polar surface area (TPSA) is 96.0 Å². The summed E-state index contributed by atoms with van der Waals surface area (Å²) in [5.74, 6) is -2.13. The number of methoxy groups -OCH3 is 1. The largest absolute Gasteiger partial charge is 0.495 e. The van der Waals surface area contributed by atoms with E-state index < -0.39 is 30.3 Å². The molecular weight excluding hydrogens is 278 g/mol. The van der Waals surface area contributed by atoms with Crippen LogP contribution in [-0.2, 0) is 14.4 Å². The summed E-state index contributed by atoms with van der Waals surface area (Å²) in [5, 5.41) is 2.52. The molecule has 21 heavy (non-hydrogen) atoms. The van der Waals surface area contributed by atoms with Crippen LogP contribution in [0.3, 0.4) is 0 Å². The number of hydrogen-bond donors (Lipinski definition) is 1. The Morgan fingerprint density at radius 3 is 2.43 bits per heavy atom. The molecule has 5 amide bonds. The summed E-state index contributed by atoms with van der Waals surface area (Å²) in [6.45, 7) is -0.536. The average molecular weight is 291 g/mol. The van der Waals surface area contributed by atoms with E-state index in [1.807, 2.05) is 0 Å². The Balaban J connectivity index is 2.07. The third kappa shape index (κ3) is 2.69. The summed E-state index contributed by atoms with van der Waals surface area (Å²) in [7, 11) is 2.63. The van der Waals surface area contributed by atoms with Gasteiger partial charge in [-0.25, -0.2) is 9.69 Å². The Hall–Kier alpha value is -2.90. The SMILES string of the molecule is COc1ccccc1NC(=O)CN1C(=O)C(=O)N(C)C1=O. The van der Waals surface area contributed by atoms with Crippen molar-refractivity contribution in [2.24, 2.45) is 0 Å². The lowest BCUT2D eigenvalue weighted by atomic mass is 10.3. The van der Waals surface area contributed by atoms with Crippen LogP contribution in [0.4, 0.5) is 10.5 Å². The predicted molar refractivity (Wildman–Crippen MR) is 71.5 cm³/mol. The molecule has 0 saturated carbocycles. The van der Waals surface area contributed by atoms with Crippen molar-refractivity contribution in [1.29, 1.82) is 0 Å². The summed E-state index contributed by atoms with van der Waals surface area (Å²) in [5.41, 5.74) is 0.406. The Labute approximate surface area is 120 Å². The number of benzene rings is 1. The third-order valence-corrected chi connectivity index (χ3v) is 2.93. The second-order valence-corrected chi connectivity index (χ2v) is 4.29. The van der Waals surface area contributed by atoms with Crippen molar-refractivity contribution in [2.75, 3.05) is 26.0 Å². The lowest BCUT2D eigenvalue weighted by Gasteiger charge is -2.14. The van der Waals surface area contributed by atoms with Gasteiger partial charge in [-0.1, -0.05) is 12.1 Å². The molecule has 0 spiro atoms. The number of carbonyl (C=O) groups excluding carboxylic acids is 4. The van der Waals surface area contributed by atoms with E-state index in [4.69, 9.17) is 4.74 Å². The molecule has 0 aliphatic carbocycles. The number of carbonyl (C=O) groups is 4. The number of urea groups is 1. The zero-order chi connectivity index (χ0) is 15.6. The highest BCUT2D eigenvalue weighted by Crippen LogP contribution is 2.23. The lowest BCUT2D eigenvalue weighted by Crippen LogP contribution is -2.38. The molecule has 1 aromatic rings. The summed E-state index contributed by atoms with van der Waals surface area (Å²) >= 11 is 0. The predicted octanol–water partition coefficient (Wildman–Crippen LogP) is 0.0543. The second-order valence-electron chi connectivity index (χ2n) is 4.29. The smallest absolute Gasteiger partial charge is 0.334 e. The normalized spacial score (nSPS) is 14.7. The van der Waals surface area contributed by atoms with E-state index in [2.05, 4.69) is 5.32 Å². The molecule has 1 saturated heterocycles. The fourth-order valence-corrected chi connectivity index (χ4v) is 1.83. The summed E-state index contributed by atoms with van der Waals surface area (Å²) in [6, 6.07) is 5.87. The van der Waals surface area contributed by atoms with Crippen molar-refractivity contribution < 1.29 is 23.9 Å². The summed E-state index contributed by atoms with van der Waals surface area (Å²) < 4.78 is 5.07. The van der Waals surface area contributed by atoms with Crippen LogP contribution in [0, 0.1) is 0 Å². The molecule has 1 heterocycles. The fraction of sp³-hybridized carbons (Fsp3) is 0.231. The summed E-state index contributed by atoms with van der Waals surface area (Å²) in [6.07, 6.45) is 0. The molecule has 0 bridgehead atoms. The molecule has 110 valence electrons. The average Bonchev–Trinajstić information content (AvgIpc) is 2.66. The molecule has 0 atom stereocenters. The van der Waals surface area contributed by atoms with E-state index in [-0.39, 0.29) is 0 Å². The molecular formula is C13H13N3O5. The van der Waals surface area contributed by atoms with Crippen LogP contribution >= 0.6 is 0 Å². The van der Waals surface area contributed by atoms with Crippen LogP contribution in [0.25, 0.3) is 0 Å². The monoisotopic (exact) mass is 291 g/mol. The third-order valence-electron chi connectivity index (χ3n) is 2.93. The number of para-hydroxylation sites is 2. The Morgan fingerprint density at radius 1 is 1.19 bits per heavy atom. The zero-order valence-electron chi connectivity index (χ0n) is 11.5. The van der Waals surface area contributed by atoms with Gasteiger partial charge in [0.05, 0.1) is 12.8 Å². The van der Waals surface area contributed by atoms with Crippen LogP contribution < -0.4 is 10.1 Å². The van der Waals surface area contributed by atoms with Gasteiger partial charge in [-0.15, -0.1) is 0 Å². The molecule has 1 aromatic carbocycles. The van der Waals surface area contributed by atoms with Crippen molar-refractivity contribution in [3.05, 3.63) is 24.3 Å². The maximum absolute atomic E-state index is 11.9. The first-order valence-corrected chi connectivity index (χ1v) is 6.02. The highest BCUT2D eigenvalue weighted by atomic mass is 16.5. The summed E-state index contributed by atoms with van der Waals surface area (Å²) in [4.78, 5) is 47.7. The molecule has 0 aromatic heterocycles. The first-order valence-electron chi connectivity index (χ1n) is 6.02. The number of nitrogens with zero attached hydrogens (tertiary/aromatic N) is 2. The molecule has 1 aliphatic rings. The Morgan fingerprint density at radius 2 is 1.86 bits per heavy atom. The van der Waals surface area contributed by atoms with E-state index in [9.17, 15) is 19.2 Å². The quantitative estimate of drug-likeness (QED) is 0.625. The van der Waals surface area contributed by atoms with Gasteiger partial charge in [0.1, 0.15) is 12.3 Å². The first kappa shape index (κ1) is 14.5. The molecule has 8 heteroatoms. The van der Waals surface area contributed by atoms with E-state index in [1.165, 1.54) is 14.2 Å². The van der Waals surface area contributed by atoms with Gasteiger partial charge in [0.2, 0.25) is 5.91 Å². The minimum Gasteiger partial charge on any atom is -0.495 e. The van der Waals surface area contributed by atoms with Crippen molar-refractivity contribution >= 4 is 29.4 Å². The minimum atomic E-state index is -1.02. The van der Waals surface area contributed by atoms with Gasteiger partial charge in [0.15, 0.2) is 0 Å². The number of imide groups is 2. The van der Waals surface area contributed by atoms with Crippen molar-refractivity contribution in [1.82, 2.24) is 9.80 Å². The second kappa shape index (κ2) is 5.61. The number of likely N-dealkylation sites (N-methyl/N-ethyl adjacent to an activating group) is 1. The molecule has 8 nitrogen and oxygen atoms in total. The minimum absolute atomic E-state index is 0.406. The van der Waals surface area contributed by atoms with Crippen LogP contribution in [-0.4, -0.2) is 54.3 Å². The van der Waals surface area contributed by atoms with Gasteiger partial charge in [0, 0.05) is 7.05 Å². The van der Waals surface area contributed by atoms with Gasteiger partial charge in [-0.3, -0.25) is 19.3 Å². The van der Waals surface area contributed by atoms with Gasteiger partial charge >= 0.3 is 17.8 Å². The molecule has 1 aliphatic heterocycles. The van der Waals surface area contributed by atoms with Gasteiger partial charge in [-0.2, -0.15) is 0 Å². The number of hydrogen-bond acceptors (Lipinski definition) is 5. The van der Waals surface area contributed by atoms with Crippen LogP contribution in [0.15, 0.2) is 24.3 Å². The van der Waals surface area contributed by atoms with Crippen LogP contribution in [0.2, 0.25) is 0 Å².